The highest BCUT2D eigenvalue weighted by Gasteiger charge is 2.65. The number of aliphatic carboxylic acids is 1. The van der Waals surface area contributed by atoms with Crippen LogP contribution in [0.3, 0.4) is 0 Å². The molecule has 2 rings (SSSR count). The molecule has 0 aromatic heterocycles. The Balaban J connectivity index is 1.99. The minimum Gasteiger partial charge on any atom is -0.481 e. The molecule has 0 unspecified atom stereocenters. The van der Waals surface area contributed by atoms with Crippen molar-refractivity contribution in [3.05, 3.63) is 23.3 Å². The lowest BCUT2D eigenvalue weighted by molar-refractivity contribution is -0.137. The summed E-state index contributed by atoms with van der Waals surface area (Å²) in [6.45, 7) is 3.55. The van der Waals surface area contributed by atoms with Gasteiger partial charge in [-0.1, -0.05) is 11.6 Å². The lowest BCUT2D eigenvalue weighted by atomic mass is 9.84. The highest BCUT2D eigenvalue weighted by molar-refractivity contribution is 6.02. The number of carboxylic acids is 1. The predicted octanol–water partition coefficient (Wildman–Crippen LogP) is 1.22. The molecule has 5 nitrogen and oxygen atoms in total. The number of rotatable bonds is 5. The van der Waals surface area contributed by atoms with E-state index in [4.69, 9.17) is 9.84 Å². The molecule has 104 valence electrons. The van der Waals surface area contributed by atoms with E-state index in [1.54, 1.807) is 6.92 Å². The predicted molar refractivity (Wildman–Crippen MR) is 67.6 cm³/mol. The van der Waals surface area contributed by atoms with Gasteiger partial charge in [-0.15, -0.1) is 0 Å². The highest BCUT2D eigenvalue weighted by atomic mass is 16.6. The number of aliphatic hydroxyl groups excluding tert-OH is 1. The number of hydrogen-bond acceptors (Lipinski definition) is 4. The Morgan fingerprint density at radius 3 is 2.84 bits per heavy atom. The standard InChI is InChI=1S/C14H18O5/c1-8(3-4-11(16)17)5-6-14-10(15)7-9(2)12(18)13(14)19-14/h5,7,12-13,18H,3-4,6H2,1-2H3,(H,16,17)/b8-5+/t12-,13-,14+/m1/s1. The van der Waals surface area contributed by atoms with Crippen molar-refractivity contribution in [1.82, 2.24) is 0 Å². The molecule has 0 radical (unpaired) electrons. The topological polar surface area (TPSA) is 87.1 Å². The van der Waals surface area contributed by atoms with Crippen LogP contribution in [0.15, 0.2) is 23.3 Å². The first-order valence-electron chi connectivity index (χ1n) is 6.33. The molecule has 0 aromatic carbocycles. The smallest absolute Gasteiger partial charge is 0.303 e. The van der Waals surface area contributed by atoms with Crippen LogP contribution in [0, 0.1) is 0 Å². The van der Waals surface area contributed by atoms with Crippen molar-refractivity contribution in [3.8, 4) is 0 Å². The van der Waals surface area contributed by atoms with Crippen molar-refractivity contribution >= 4 is 11.8 Å². The molecular weight excluding hydrogens is 248 g/mol. The third-order valence-electron chi connectivity index (χ3n) is 3.76. The molecule has 3 atom stereocenters. The van der Waals surface area contributed by atoms with Gasteiger partial charge in [0.25, 0.3) is 0 Å². The fraction of sp³-hybridized carbons (Fsp3) is 0.571. The second-order valence-corrected chi connectivity index (χ2v) is 5.27. The van der Waals surface area contributed by atoms with Crippen molar-refractivity contribution in [2.75, 3.05) is 0 Å². The van der Waals surface area contributed by atoms with Gasteiger partial charge < -0.3 is 14.9 Å². The summed E-state index contributed by atoms with van der Waals surface area (Å²) in [6.07, 6.45) is 3.04. The van der Waals surface area contributed by atoms with Gasteiger partial charge in [-0.05, 0) is 31.9 Å². The monoisotopic (exact) mass is 266 g/mol. The average molecular weight is 266 g/mol. The number of carboxylic acid groups (broad SMARTS) is 1. The quantitative estimate of drug-likeness (QED) is 0.577. The van der Waals surface area contributed by atoms with Crippen LogP contribution in [0.1, 0.15) is 33.1 Å². The van der Waals surface area contributed by atoms with Crippen molar-refractivity contribution in [2.24, 2.45) is 0 Å². The van der Waals surface area contributed by atoms with Crippen LogP contribution in [0.4, 0.5) is 0 Å². The maximum Gasteiger partial charge on any atom is 0.303 e. The average Bonchev–Trinajstić information content (AvgIpc) is 3.08. The fourth-order valence-electron chi connectivity index (χ4n) is 2.36. The second kappa shape index (κ2) is 4.90. The Labute approximate surface area is 111 Å². The first kappa shape index (κ1) is 14.0. The number of carbonyl (C=O) groups is 2. The molecule has 1 aliphatic carbocycles. The van der Waals surface area contributed by atoms with Gasteiger partial charge in [-0.2, -0.15) is 0 Å². The normalized spacial score (nSPS) is 33.7. The molecule has 1 heterocycles. The summed E-state index contributed by atoms with van der Waals surface area (Å²) in [7, 11) is 0. The SMILES string of the molecule is CC1=CC(=O)[C@]2(C/C=C(\C)CCC(=O)O)O[C@@H]2[C@@H]1O. The third kappa shape index (κ3) is 2.62. The Hall–Kier alpha value is -1.46. The van der Waals surface area contributed by atoms with E-state index in [1.807, 2.05) is 13.0 Å². The van der Waals surface area contributed by atoms with E-state index in [9.17, 15) is 14.7 Å². The summed E-state index contributed by atoms with van der Waals surface area (Å²) in [5.74, 6) is -0.947. The zero-order valence-electron chi connectivity index (χ0n) is 11.0. The van der Waals surface area contributed by atoms with Gasteiger partial charge >= 0.3 is 5.97 Å². The Bertz CT molecular complexity index is 476. The molecule has 0 aromatic rings. The van der Waals surface area contributed by atoms with Crippen LogP contribution in [-0.4, -0.2) is 39.8 Å². The Morgan fingerprint density at radius 1 is 1.53 bits per heavy atom. The molecular formula is C14H18O5. The number of ketones is 1. The zero-order chi connectivity index (χ0) is 14.2. The lowest BCUT2D eigenvalue weighted by Gasteiger charge is -2.17. The maximum atomic E-state index is 12.0. The summed E-state index contributed by atoms with van der Waals surface area (Å²) >= 11 is 0. The molecule has 1 fully saturated rings. The van der Waals surface area contributed by atoms with Gasteiger partial charge in [0, 0.05) is 12.8 Å². The van der Waals surface area contributed by atoms with E-state index in [0.29, 0.717) is 18.4 Å². The molecule has 5 heteroatoms. The lowest BCUT2D eigenvalue weighted by Crippen LogP contribution is -2.36. The minimum absolute atomic E-state index is 0.0786. The number of fused-ring (bicyclic) bond motifs is 1. The molecule has 0 bridgehead atoms. The third-order valence-corrected chi connectivity index (χ3v) is 3.76. The van der Waals surface area contributed by atoms with E-state index in [0.717, 1.165) is 5.57 Å². The molecule has 2 aliphatic rings. The van der Waals surface area contributed by atoms with E-state index in [2.05, 4.69) is 0 Å². The first-order chi connectivity index (χ1) is 8.86. The molecule has 0 spiro atoms. The highest BCUT2D eigenvalue weighted by Crippen LogP contribution is 2.48. The number of hydrogen-bond donors (Lipinski definition) is 2. The summed E-state index contributed by atoms with van der Waals surface area (Å²) in [5.41, 5.74) is 0.637. The Kier molecular flexibility index (Phi) is 3.60. The van der Waals surface area contributed by atoms with E-state index in [-0.39, 0.29) is 12.2 Å². The van der Waals surface area contributed by atoms with Crippen molar-refractivity contribution in [1.29, 1.82) is 0 Å². The van der Waals surface area contributed by atoms with E-state index in [1.165, 1.54) is 6.08 Å². The van der Waals surface area contributed by atoms with E-state index < -0.39 is 23.8 Å². The van der Waals surface area contributed by atoms with Crippen LogP contribution in [-0.2, 0) is 14.3 Å². The van der Waals surface area contributed by atoms with Gasteiger partial charge in [0.2, 0.25) is 0 Å². The first-order valence-corrected chi connectivity index (χ1v) is 6.33. The van der Waals surface area contributed by atoms with Crippen LogP contribution >= 0.6 is 0 Å². The number of carbonyl (C=O) groups excluding carboxylic acids is 1. The van der Waals surface area contributed by atoms with Crippen LogP contribution < -0.4 is 0 Å². The van der Waals surface area contributed by atoms with Gasteiger partial charge in [-0.3, -0.25) is 9.59 Å². The molecule has 0 amide bonds. The van der Waals surface area contributed by atoms with Crippen molar-refractivity contribution in [3.63, 3.8) is 0 Å². The second-order valence-electron chi connectivity index (χ2n) is 5.27. The maximum absolute atomic E-state index is 12.0. The number of allylic oxidation sites excluding steroid dienone is 1. The summed E-state index contributed by atoms with van der Waals surface area (Å²) in [5, 5.41) is 18.5. The molecule has 19 heavy (non-hydrogen) atoms. The van der Waals surface area contributed by atoms with Gasteiger partial charge in [0.05, 0.1) is 0 Å². The van der Waals surface area contributed by atoms with Crippen molar-refractivity contribution in [2.45, 2.75) is 50.9 Å². The fourth-order valence-corrected chi connectivity index (χ4v) is 2.36. The van der Waals surface area contributed by atoms with Gasteiger partial charge in [-0.25, -0.2) is 0 Å². The van der Waals surface area contributed by atoms with Crippen LogP contribution in [0.2, 0.25) is 0 Å². The molecule has 2 N–H and O–H groups in total. The van der Waals surface area contributed by atoms with Gasteiger partial charge in [0.1, 0.15) is 12.2 Å². The van der Waals surface area contributed by atoms with Crippen LogP contribution in [0.5, 0.6) is 0 Å². The number of epoxide rings is 1. The summed E-state index contributed by atoms with van der Waals surface area (Å²) in [4.78, 5) is 22.4. The minimum atomic E-state index is -0.913. The van der Waals surface area contributed by atoms with Crippen molar-refractivity contribution < 1.29 is 24.5 Å². The van der Waals surface area contributed by atoms with Gasteiger partial charge in [0.15, 0.2) is 11.4 Å². The molecule has 1 saturated heterocycles. The summed E-state index contributed by atoms with van der Waals surface area (Å²) < 4.78 is 5.42. The zero-order valence-corrected chi connectivity index (χ0v) is 11.0. The molecule has 0 saturated carbocycles. The number of aliphatic hydroxyl groups is 1. The number of ether oxygens (including phenoxy) is 1. The largest absolute Gasteiger partial charge is 0.481 e. The molecule has 1 aliphatic heterocycles. The Morgan fingerprint density at radius 2 is 2.21 bits per heavy atom. The van der Waals surface area contributed by atoms with E-state index >= 15 is 0 Å². The summed E-state index contributed by atoms with van der Waals surface area (Å²) in [6, 6.07) is 0. The van der Waals surface area contributed by atoms with Crippen LogP contribution in [0.25, 0.3) is 0 Å².